The lowest BCUT2D eigenvalue weighted by Crippen LogP contribution is -2.42. The van der Waals surface area contributed by atoms with Crippen molar-refractivity contribution in [3.8, 4) is 11.4 Å². The minimum atomic E-state index is -3.12. The van der Waals surface area contributed by atoms with E-state index in [2.05, 4.69) is 19.7 Å². The van der Waals surface area contributed by atoms with Crippen molar-refractivity contribution in [3.05, 3.63) is 54.9 Å². The summed E-state index contributed by atoms with van der Waals surface area (Å²) in [6, 6.07) is 13.1. The molecule has 8 nitrogen and oxygen atoms in total. The van der Waals surface area contributed by atoms with E-state index in [-0.39, 0.29) is 29.2 Å². The van der Waals surface area contributed by atoms with Crippen LogP contribution in [0.5, 0.6) is 0 Å². The van der Waals surface area contributed by atoms with Crippen LogP contribution in [0.3, 0.4) is 0 Å². The third kappa shape index (κ3) is 4.42. The summed E-state index contributed by atoms with van der Waals surface area (Å²) in [7, 11) is -3.12. The van der Waals surface area contributed by atoms with E-state index in [4.69, 9.17) is 0 Å². The molecular weight excluding hydrogens is 446 g/mol. The van der Waals surface area contributed by atoms with Gasteiger partial charge in [-0.3, -0.25) is 14.3 Å². The van der Waals surface area contributed by atoms with Crippen molar-refractivity contribution in [3.63, 3.8) is 0 Å². The molecule has 1 amide bonds. The summed E-state index contributed by atoms with van der Waals surface area (Å²) in [5.41, 5.74) is 1.67. The summed E-state index contributed by atoms with van der Waals surface area (Å²) in [4.78, 5) is 19.1. The van der Waals surface area contributed by atoms with Crippen molar-refractivity contribution in [1.82, 2.24) is 19.7 Å². The molecule has 1 saturated carbocycles. The number of aromatic nitrogens is 4. The van der Waals surface area contributed by atoms with Crippen molar-refractivity contribution in [2.75, 3.05) is 22.2 Å². The Hall–Kier alpha value is -2.72. The van der Waals surface area contributed by atoms with Crippen LogP contribution in [0.4, 0.5) is 5.69 Å². The predicted octanol–water partition coefficient (Wildman–Crippen LogP) is 2.99. The van der Waals surface area contributed by atoms with Gasteiger partial charge in [0.25, 0.3) is 0 Å². The first-order valence-corrected chi connectivity index (χ1v) is 13.4. The van der Waals surface area contributed by atoms with Gasteiger partial charge in [0, 0.05) is 29.7 Å². The molecule has 0 N–H and O–H groups in total. The number of amides is 1. The normalized spacial score (nSPS) is 19.7. The molecule has 2 fully saturated rings. The molecule has 3 aromatic rings. The molecule has 1 saturated heterocycles. The fourth-order valence-corrected chi connectivity index (χ4v) is 6.62. The van der Waals surface area contributed by atoms with Crippen LogP contribution in [-0.2, 0) is 14.6 Å². The zero-order chi connectivity index (χ0) is 22.1. The highest BCUT2D eigenvalue weighted by molar-refractivity contribution is 7.99. The third-order valence-electron chi connectivity index (χ3n) is 5.72. The zero-order valence-corrected chi connectivity index (χ0v) is 19.0. The SMILES string of the molecule is O=C(CSc1nnc(-c2ccncc2)n1C1CC1)N(c1ccccc1)[C@@H]1CCS(=O)(=O)C1. The average Bonchev–Trinajstić information content (AvgIpc) is 3.45. The Morgan fingerprint density at radius 1 is 1.06 bits per heavy atom. The predicted molar refractivity (Wildman–Crippen MR) is 123 cm³/mol. The molecular formula is C22H23N5O3S2. The van der Waals surface area contributed by atoms with Crippen LogP contribution in [0.1, 0.15) is 25.3 Å². The molecule has 2 aromatic heterocycles. The van der Waals surface area contributed by atoms with Gasteiger partial charge in [-0.05, 0) is 43.5 Å². The second-order valence-corrected chi connectivity index (χ2v) is 11.3. The number of hydrogen-bond donors (Lipinski definition) is 0. The van der Waals surface area contributed by atoms with Crippen LogP contribution in [0.2, 0.25) is 0 Å². The number of benzene rings is 1. The maximum atomic E-state index is 13.3. The quantitative estimate of drug-likeness (QED) is 0.491. The summed E-state index contributed by atoms with van der Waals surface area (Å²) in [6.45, 7) is 0. The Balaban J connectivity index is 1.38. The molecule has 1 aliphatic carbocycles. The molecule has 1 aliphatic heterocycles. The van der Waals surface area contributed by atoms with Crippen molar-refractivity contribution in [2.45, 2.75) is 36.5 Å². The zero-order valence-electron chi connectivity index (χ0n) is 17.4. The molecule has 0 spiro atoms. The number of rotatable bonds is 7. The highest BCUT2D eigenvalue weighted by atomic mass is 32.2. The van der Waals surface area contributed by atoms with Gasteiger partial charge in [0.1, 0.15) is 0 Å². The smallest absolute Gasteiger partial charge is 0.237 e. The number of sulfone groups is 1. The number of anilines is 1. The molecule has 2 aliphatic rings. The van der Waals surface area contributed by atoms with Crippen LogP contribution >= 0.6 is 11.8 Å². The van der Waals surface area contributed by atoms with E-state index >= 15 is 0 Å². The average molecular weight is 470 g/mol. The van der Waals surface area contributed by atoms with Gasteiger partial charge in [-0.15, -0.1) is 10.2 Å². The van der Waals surface area contributed by atoms with Gasteiger partial charge >= 0.3 is 0 Å². The van der Waals surface area contributed by atoms with Crippen LogP contribution < -0.4 is 4.90 Å². The minimum Gasteiger partial charge on any atom is -0.308 e. The maximum absolute atomic E-state index is 13.3. The summed E-state index contributed by atoms with van der Waals surface area (Å²) in [5.74, 6) is 0.938. The molecule has 1 aromatic carbocycles. The lowest BCUT2D eigenvalue weighted by Gasteiger charge is -2.28. The number of carbonyl (C=O) groups is 1. The Morgan fingerprint density at radius 3 is 2.47 bits per heavy atom. The molecule has 1 atom stereocenters. The van der Waals surface area contributed by atoms with Gasteiger partial charge in [-0.2, -0.15) is 0 Å². The number of thioether (sulfide) groups is 1. The summed E-state index contributed by atoms with van der Waals surface area (Å²) in [6.07, 6.45) is 6.04. The maximum Gasteiger partial charge on any atom is 0.237 e. The largest absolute Gasteiger partial charge is 0.308 e. The second kappa shape index (κ2) is 8.67. The standard InChI is InChI=1S/C22H23N5O3S2/c28-20(26(17-4-2-1-3-5-17)19-10-13-32(29,30)15-19)14-31-22-25-24-21(27(22)18-6-7-18)16-8-11-23-12-9-16/h1-5,8-9,11-12,18-19H,6-7,10,13-15H2/t19-/m1/s1. The van der Waals surface area contributed by atoms with E-state index in [9.17, 15) is 13.2 Å². The van der Waals surface area contributed by atoms with Crippen LogP contribution in [0, 0.1) is 0 Å². The van der Waals surface area contributed by atoms with E-state index in [0.717, 1.165) is 29.9 Å². The number of hydrogen-bond acceptors (Lipinski definition) is 7. The molecule has 5 rings (SSSR count). The molecule has 32 heavy (non-hydrogen) atoms. The van der Waals surface area contributed by atoms with Crippen molar-refractivity contribution < 1.29 is 13.2 Å². The summed E-state index contributed by atoms with van der Waals surface area (Å²) >= 11 is 1.35. The van der Waals surface area contributed by atoms with Gasteiger partial charge in [-0.25, -0.2) is 8.42 Å². The molecule has 0 bridgehead atoms. The third-order valence-corrected chi connectivity index (χ3v) is 8.39. The number of para-hydroxylation sites is 1. The molecule has 166 valence electrons. The molecule has 10 heteroatoms. The van der Waals surface area contributed by atoms with Gasteiger partial charge in [0.2, 0.25) is 5.91 Å². The Morgan fingerprint density at radius 2 is 1.81 bits per heavy atom. The Kier molecular flexibility index (Phi) is 5.73. The van der Waals surface area contributed by atoms with Gasteiger partial charge in [0.15, 0.2) is 20.8 Å². The highest BCUT2D eigenvalue weighted by Crippen LogP contribution is 2.41. The lowest BCUT2D eigenvalue weighted by molar-refractivity contribution is -0.116. The molecule has 3 heterocycles. The monoisotopic (exact) mass is 469 g/mol. The summed E-state index contributed by atoms with van der Waals surface area (Å²) < 4.78 is 26.3. The Labute approximate surface area is 191 Å². The van der Waals surface area contributed by atoms with E-state index in [1.165, 1.54) is 11.8 Å². The summed E-state index contributed by atoms with van der Waals surface area (Å²) in [5, 5.41) is 9.46. The minimum absolute atomic E-state index is 0.00273. The van der Waals surface area contributed by atoms with Crippen LogP contribution in [0.25, 0.3) is 11.4 Å². The van der Waals surface area contributed by atoms with Gasteiger partial charge < -0.3 is 4.90 Å². The number of carbonyl (C=O) groups excluding carboxylic acids is 1. The van der Waals surface area contributed by atoms with E-state index < -0.39 is 9.84 Å². The van der Waals surface area contributed by atoms with Gasteiger partial charge in [-0.1, -0.05) is 30.0 Å². The molecule has 0 unspecified atom stereocenters. The lowest BCUT2D eigenvalue weighted by atomic mass is 10.2. The first-order chi connectivity index (χ1) is 15.5. The first-order valence-electron chi connectivity index (χ1n) is 10.6. The van der Waals surface area contributed by atoms with Crippen LogP contribution in [-0.4, -0.2) is 57.4 Å². The fraction of sp³-hybridized carbons (Fsp3) is 0.364. The van der Waals surface area contributed by atoms with Crippen molar-refractivity contribution >= 4 is 33.2 Å². The van der Waals surface area contributed by atoms with E-state index in [1.54, 1.807) is 17.3 Å². The van der Waals surface area contributed by atoms with Gasteiger partial charge in [0.05, 0.1) is 23.3 Å². The first kappa shape index (κ1) is 21.1. The number of pyridine rings is 1. The highest BCUT2D eigenvalue weighted by Gasteiger charge is 2.36. The van der Waals surface area contributed by atoms with E-state index in [1.807, 2.05) is 42.5 Å². The van der Waals surface area contributed by atoms with Crippen molar-refractivity contribution in [1.29, 1.82) is 0 Å². The second-order valence-electron chi connectivity index (χ2n) is 8.09. The van der Waals surface area contributed by atoms with Crippen LogP contribution in [0.15, 0.2) is 60.0 Å². The number of nitrogens with zero attached hydrogens (tertiary/aromatic N) is 5. The Bertz CT molecular complexity index is 1210. The molecule has 0 radical (unpaired) electrons. The topological polar surface area (TPSA) is 98.1 Å². The van der Waals surface area contributed by atoms with Crippen molar-refractivity contribution in [2.24, 2.45) is 0 Å². The fourth-order valence-electron chi connectivity index (χ4n) is 4.06. The van der Waals surface area contributed by atoms with E-state index in [0.29, 0.717) is 17.6 Å².